The van der Waals surface area contributed by atoms with Crippen LogP contribution in [-0.2, 0) is 9.53 Å². The van der Waals surface area contributed by atoms with Crippen LogP contribution in [-0.4, -0.2) is 25.3 Å². The molecule has 1 amide bonds. The maximum absolute atomic E-state index is 11.3. The van der Waals surface area contributed by atoms with Gasteiger partial charge in [0.1, 0.15) is 0 Å². The molecule has 0 saturated carbocycles. The molecule has 0 heterocycles. The molecule has 0 saturated heterocycles. The molecule has 0 spiro atoms. The number of nitrogens with one attached hydrogen (secondary N) is 1. The summed E-state index contributed by atoms with van der Waals surface area (Å²) >= 11 is 11.8. The average Bonchev–Trinajstić information content (AvgIpc) is 2.35. The van der Waals surface area contributed by atoms with Crippen LogP contribution in [0.3, 0.4) is 0 Å². The molecule has 1 N–H and O–H groups in total. The van der Waals surface area contributed by atoms with Crippen LogP contribution in [0.5, 0.6) is 0 Å². The van der Waals surface area contributed by atoms with E-state index < -0.39 is 0 Å². The third-order valence-electron chi connectivity index (χ3n) is 2.05. The Kier molecular flexibility index (Phi) is 6.72. The first kappa shape index (κ1) is 15.0. The van der Waals surface area contributed by atoms with Crippen LogP contribution in [0.15, 0.2) is 23.3 Å². The fourth-order valence-corrected chi connectivity index (χ4v) is 1.52. The number of hydrazone groups is 1. The minimum Gasteiger partial charge on any atom is -0.381 e. The number of hydrogen-bond donors (Lipinski definition) is 1. The van der Waals surface area contributed by atoms with E-state index in [1.54, 1.807) is 18.2 Å². The summed E-state index contributed by atoms with van der Waals surface area (Å²) in [5.41, 5.74) is 3.03. The summed E-state index contributed by atoms with van der Waals surface area (Å²) in [4.78, 5) is 11.3. The Labute approximate surface area is 116 Å². The second-order valence-electron chi connectivity index (χ2n) is 3.38. The predicted octanol–water partition coefficient (Wildman–Crippen LogP) is 2.87. The van der Waals surface area contributed by atoms with Gasteiger partial charge in [0.25, 0.3) is 0 Å². The van der Waals surface area contributed by atoms with Crippen LogP contribution >= 0.6 is 23.2 Å². The molecule has 0 fully saturated rings. The summed E-state index contributed by atoms with van der Waals surface area (Å²) in [7, 11) is 0. The smallest absolute Gasteiger partial charge is 0.242 e. The third kappa shape index (κ3) is 5.04. The van der Waals surface area contributed by atoms with Gasteiger partial charge in [-0.05, 0) is 13.0 Å². The van der Waals surface area contributed by atoms with Gasteiger partial charge in [-0.3, -0.25) is 4.79 Å². The van der Waals surface area contributed by atoms with Crippen LogP contribution in [0, 0.1) is 0 Å². The fourth-order valence-electron chi connectivity index (χ4n) is 1.16. The Bertz CT molecular complexity index is 436. The molecule has 0 atom stereocenters. The quantitative estimate of drug-likeness (QED) is 0.497. The van der Waals surface area contributed by atoms with Crippen molar-refractivity contribution >= 4 is 35.3 Å². The molecule has 1 aromatic carbocycles. The highest BCUT2D eigenvalue weighted by Crippen LogP contribution is 2.23. The normalized spacial score (nSPS) is 10.8. The molecule has 0 aromatic heterocycles. The van der Waals surface area contributed by atoms with Crippen molar-refractivity contribution in [2.24, 2.45) is 5.10 Å². The van der Waals surface area contributed by atoms with Gasteiger partial charge in [-0.25, -0.2) is 5.43 Å². The maximum Gasteiger partial charge on any atom is 0.242 e. The Morgan fingerprint density at radius 1 is 1.50 bits per heavy atom. The molecular weight excluding hydrogens is 275 g/mol. The van der Waals surface area contributed by atoms with Crippen molar-refractivity contribution in [3.63, 3.8) is 0 Å². The zero-order valence-corrected chi connectivity index (χ0v) is 11.5. The zero-order valence-electron chi connectivity index (χ0n) is 9.95. The van der Waals surface area contributed by atoms with Crippen molar-refractivity contribution in [2.45, 2.75) is 13.3 Å². The van der Waals surface area contributed by atoms with Crippen LogP contribution in [0.1, 0.15) is 18.9 Å². The van der Waals surface area contributed by atoms with Crippen LogP contribution in [0.25, 0.3) is 0 Å². The molecule has 98 valence electrons. The second-order valence-corrected chi connectivity index (χ2v) is 4.17. The maximum atomic E-state index is 11.3. The molecule has 6 heteroatoms. The molecule has 1 aromatic rings. The van der Waals surface area contributed by atoms with Gasteiger partial charge in [0, 0.05) is 12.2 Å². The summed E-state index contributed by atoms with van der Waals surface area (Å²) in [6.45, 7) is 2.85. The SMILES string of the molecule is CCOCCC(=O)N/N=C/c1cccc(Cl)c1Cl. The van der Waals surface area contributed by atoms with Gasteiger partial charge in [-0.15, -0.1) is 0 Å². The highest BCUT2D eigenvalue weighted by Gasteiger charge is 2.02. The standard InChI is InChI=1S/C12H14Cl2N2O2/c1-2-18-7-6-11(17)16-15-8-9-4-3-5-10(13)12(9)14/h3-5,8H,2,6-7H2,1H3,(H,16,17)/b15-8+. The molecular formula is C12H14Cl2N2O2. The van der Waals surface area contributed by atoms with E-state index in [1.165, 1.54) is 6.21 Å². The van der Waals surface area contributed by atoms with Gasteiger partial charge < -0.3 is 4.74 Å². The summed E-state index contributed by atoms with van der Waals surface area (Å²) in [5.74, 6) is -0.210. The van der Waals surface area contributed by atoms with Gasteiger partial charge in [0.2, 0.25) is 5.91 Å². The van der Waals surface area contributed by atoms with Crippen LogP contribution in [0.4, 0.5) is 0 Å². The van der Waals surface area contributed by atoms with Crippen molar-refractivity contribution in [2.75, 3.05) is 13.2 Å². The molecule has 0 aliphatic rings. The Hall–Kier alpha value is -1.10. The monoisotopic (exact) mass is 288 g/mol. The number of benzene rings is 1. The minimum atomic E-state index is -0.210. The molecule has 0 aliphatic carbocycles. The second kappa shape index (κ2) is 8.08. The number of carbonyl (C=O) groups is 1. The number of amides is 1. The van der Waals surface area contributed by atoms with Crippen molar-refractivity contribution < 1.29 is 9.53 Å². The van der Waals surface area contributed by atoms with E-state index >= 15 is 0 Å². The lowest BCUT2D eigenvalue weighted by molar-refractivity contribution is -0.122. The molecule has 18 heavy (non-hydrogen) atoms. The number of rotatable bonds is 6. The van der Waals surface area contributed by atoms with E-state index in [-0.39, 0.29) is 12.3 Å². The fraction of sp³-hybridized carbons (Fsp3) is 0.333. The topological polar surface area (TPSA) is 50.7 Å². The third-order valence-corrected chi connectivity index (χ3v) is 2.89. The van der Waals surface area contributed by atoms with Crippen molar-refractivity contribution in [3.8, 4) is 0 Å². The Morgan fingerprint density at radius 2 is 2.28 bits per heavy atom. The lowest BCUT2D eigenvalue weighted by Gasteiger charge is -2.01. The van der Waals surface area contributed by atoms with Crippen molar-refractivity contribution in [1.29, 1.82) is 0 Å². The summed E-state index contributed by atoms with van der Waals surface area (Å²) in [6.07, 6.45) is 1.72. The first-order valence-corrected chi connectivity index (χ1v) is 6.24. The van der Waals surface area contributed by atoms with E-state index in [2.05, 4.69) is 10.5 Å². The number of nitrogens with zero attached hydrogens (tertiary/aromatic N) is 1. The molecule has 4 nitrogen and oxygen atoms in total. The zero-order chi connectivity index (χ0) is 13.4. The first-order chi connectivity index (χ1) is 8.65. The van der Waals surface area contributed by atoms with E-state index in [0.29, 0.717) is 28.8 Å². The summed E-state index contributed by atoms with van der Waals surface area (Å²) in [5, 5.41) is 4.66. The number of hydrogen-bond acceptors (Lipinski definition) is 3. The van der Waals surface area contributed by atoms with Gasteiger partial charge in [0.15, 0.2) is 0 Å². The molecule has 0 radical (unpaired) electrons. The lowest BCUT2D eigenvalue weighted by atomic mass is 10.2. The van der Waals surface area contributed by atoms with Gasteiger partial charge in [-0.2, -0.15) is 5.10 Å². The van der Waals surface area contributed by atoms with Crippen LogP contribution in [0.2, 0.25) is 10.0 Å². The minimum absolute atomic E-state index is 0.210. The van der Waals surface area contributed by atoms with Crippen LogP contribution < -0.4 is 5.43 Å². The molecule has 0 aliphatic heterocycles. The van der Waals surface area contributed by atoms with Gasteiger partial charge >= 0.3 is 0 Å². The van der Waals surface area contributed by atoms with E-state index in [1.807, 2.05) is 6.92 Å². The van der Waals surface area contributed by atoms with Crippen molar-refractivity contribution in [1.82, 2.24) is 5.43 Å². The summed E-state index contributed by atoms with van der Waals surface area (Å²) in [6, 6.07) is 5.19. The highest BCUT2D eigenvalue weighted by atomic mass is 35.5. The number of halogens is 2. The van der Waals surface area contributed by atoms with E-state index in [4.69, 9.17) is 27.9 Å². The van der Waals surface area contributed by atoms with E-state index in [0.717, 1.165) is 0 Å². The first-order valence-electron chi connectivity index (χ1n) is 5.48. The predicted molar refractivity (Wildman–Crippen MR) is 73.3 cm³/mol. The Morgan fingerprint density at radius 3 is 3.00 bits per heavy atom. The molecule has 1 rings (SSSR count). The largest absolute Gasteiger partial charge is 0.381 e. The number of ether oxygens (including phenoxy) is 1. The van der Waals surface area contributed by atoms with Gasteiger partial charge in [-0.1, -0.05) is 35.3 Å². The molecule has 0 unspecified atom stereocenters. The average molecular weight is 289 g/mol. The summed E-state index contributed by atoms with van der Waals surface area (Å²) < 4.78 is 5.05. The van der Waals surface area contributed by atoms with E-state index in [9.17, 15) is 4.79 Å². The lowest BCUT2D eigenvalue weighted by Crippen LogP contribution is -2.19. The number of carbonyl (C=O) groups excluding carboxylic acids is 1. The van der Waals surface area contributed by atoms with Crippen molar-refractivity contribution in [3.05, 3.63) is 33.8 Å². The highest BCUT2D eigenvalue weighted by molar-refractivity contribution is 6.43. The Balaban J connectivity index is 2.45. The molecule has 0 bridgehead atoms. The van der Waals surface area contributed by atoms with Gasteiger partial charge in [0.05, 0.1) is 29.3 Å².